The van der Waals surface area contributed by atoms with Crippen molar-refractivity contribution in [2.24, 2.45) is 5.73 Å². The summed E-state index contributed by atoms with van der Waals surface area (Å²) in [5, 5.41) is 15.1. The summed E-state index contributed by atoms with van der Waals surface area (Å²) in [6, 6.07) is 5.07. The fourth-order valence-corrected chi connectivity index (χ4v) is 1.77. The summed E-state index contributed by atoms with van der Waals surface area (Å²) >= 11 is 0. The average molecular weight is 409 g/mol. The summed E-state index contributed by atoms with van der Waals surface area (Å²) in [6.45, 7) is -0.755. The van der Waals surface area contributed by atoms with Crippen molar-refractivity contribution in [1.29, 1.82) is 0 Å². The number of alkyl halides is 4. The lowest BCUT2D eigenvalue weighted by Gasteiger charge is -2.26. The van der Waals surface area contributed by atoms with E-state index in [-0.39, 0.29) is 17.9 Å². The predicted molar refractivity (Wildman–Crippen MR) is 92.0 cm³/mol. The minimum absolute atomic E-state index is 0.134. The molecule has 7 nitrogen and oxygen atoms in total. The first-order valence-corrected chi connectivity index (χ1v) is 7.87. The van der Waals surface area contributed by atoms with Gasteiger partial charge in [0.05, 0.1) is 18.4 Å². The van der Waals surface area contributed by atoms with E-state index >= 15 is 0 Å². The molecule has 1 aromatic heterocycles. The number of nitrogens with zero attached hydrogens (tertiary/aromatic N) is 2. The molecule has 1 heterocycles. The lowest BCUT2D eigenvalue weighted by Crippen LogP contribution is -2.51. The summed E-state index contributed by atoms with van der Waals surface area (Å²) in [6.07, 6.45) is -3.83. The third-order valence-corrected chi connectivity index (χ3v) is 3.44. The van der Waals surface area contributed by atoms with Gasteiger partial charge in [0.25, 0.3) is 5.91 Å². The van der Waals surface area contributed by atoms with Crippen LogP contribution in [0.25, 0.3) is 5.69 Å². The lowest BCUT2D eigenvalue weighted by atomic mass is 10.1. The van der Waals surface area contributed by atoms with Crippen LogP contribution in [-0.2, 0) is 0 Å². The molecular formula is C16H20F5N5O2. The van der Waals surface area contributed by atoms with Crippen LogP contribution in [0.5, 0.6) is 0 Å². The van der Waals surface area contributed by atoms with Gasteiger partial charge in [-0.3, -0.25) is 4.79 Å². The van der Waals surface area contributed by atoms with Crippen LogP contribution in [-0.4, -0.2) is 52.3 Å². The van der Waals surface area contributed by atoms with Gasteiger partial charge in [-0.15, -0.1) is 0 Å². The Bertz CT molecular complexity index is 773. The smallest absolute Gasteiger partial charge is 0.383 e. The molecule has 6 N–H and O–H groups in total. The predicted octanol–water partition coefficient (Wildman–Crippen LogP) is 1.55. The van der Waals surface area contributed by atoms with Crippen molar-refractivity contribution in [1.82, 2.24) is 15.1 Å². The largest absolute Gasteiger partial charge is 0.418 e. The minimum atomic E-state index is -4.90. The van der Waals surface area contributed by atoms with Crippen LogP contribution in [0.2, 0.25) is 0 Å². The van der Waals surface area contributed by atoms with Crippen LogP contribution in [0.4, 0.5) is 27.8 Å². The van der Waals surface area contributed by atoms with Gasteiger partial charge < -0.3 is 21.9 Å². The maximum absolute atomic E-state index is 12.9. The molecule has 0 spiro atoms. The number of carbonyl (C=O) groups excluding carboxylic acids is 1. The maximum atomic E-state index is 12.9. The highest BCUT2D eigenvalue weighted by Gasteiger charge is 2.50. The first kappa shape index (κ1) is 23.3. The van der Waals surface area contributed by atoms with Crippen molar-refractivity contribution in [3.8, 4) is 5.69 Å². The molecular weight excluding hydrogens is 389 g/mol. The van der Waals surface area contributed by atoms with Gasteiger partial charge in [-0.2, -0.15) is 18.3 Å². The van der Waals surface area contributed by atoms with E-state index in [1.54, 1.807) is 0 Å². The lowest BCUT2D eigenvalue weighted by molar-refractivity contribution is -0.249. The summed E-state index contributed by atoms with van der Waals surface area (Å²) in [7, 11) is 0. The Morgan fingerprint density at radius 1 is 1.29 bits per heavy atom. The van der Waals surface area contributed by atoms with E-state index in [4.69, 9.17) is 5.73 Å². The number of nitrogens with one attached hydrogen (secondary N) is 1. The van der Waals surface area contributed by atoms with Gasteiger partial charge in [-0.05, 0) is 31.2 Å². The van der Waals surface area contributed by atoms with Gasteiger partial charge in [-0.25, -0.2) is 13.5 Å². The number of amides is 1. The molecule has 0 saturated heterocycles. The van der Waals surface area contributed by atoms with Crippen LogP contribution in [0.15, 0.2) is 30.5 Å². The van der Waals surface area contributed by atoms with E-state index in [0.29, 0.717) is 12.6 Å². The second-order valence-electron chi connectivity index (χ2n) is 5.76. The molecule has 156 valence electrons. The number of carbonyl (C=O) groups is 1. The molecule has 2 rings (SSSR count). The summed E-state index contributed by atoms with van der Waals surface area (Å²) in [4.78, 5) is 12.0. The molecule has 0 fully saturated rings. The number of hydrogen-bond acceptors (Lipinski definition) is 5. The number of anilines is 1. The van der Waals surface area contributed by atoms with Crippen LogP contribution in [0, 0.1) is 5.82 Å². The fourth-order valence-electron chi connectivity index (χ4n) is 1.77. The third-order valence-electron chi connectivity index (χ3n) is 3.44. The Kier molecular flexibility index (Phi) is 7.88. The number of aromatic nitrogens is 2. The van der Waals surface area contributed by atoms with Crippen LogP contribution < -0.4 is 16.8 Å². The zero-order valence-electron chi connectivity index (χ0n) is 14.8. The zero-order valence-corrected chi connectivity index (χ0v) is 14.8. The van der Waals surface area contributed by atoms with E-state index in [0.717, 1.165) is 23.0 Å². The van der Waals surface area contributed by atoms with Gasteiger partial charge in [0.15, 0.2) is 5.60 Å². The number of benzene rings is 1. The number of rotatable bonds is 5. The molecule has 0 aliphatic rings. The SMILES string of the molecule is CC(O)(CNC(=O)c1cnn(-c2ccc(F)cc2)c1N)C(F)(F)F.NCCF. The van der Waals surface area contributed by atoms with Crippen LogP contribution in [0.1, 0.15) is 17.3 Å². The number of halogens is 5. The Balaban J connectivity index is 0.000000892. The van der Waals surface area contributed by atoms with Crippen molar-refractivity contribution in [2.75, 3.05) is 25.5 Å². The quantitative estimate of drug-likeness (QED) is 0.559. The number of hydrogen-bond donors (Lipinski definition) is 4. The van der Waals surface area contributed by atoms with Gasteiger partial charge in [0.2, 0.25) is 0 Å². The third kappa shape index (κ3) is 5.89. The maximum Gasteiger partial charge on any atom is 0.418 e. The summed E-state index contributed by atoms with van der Waals surface area (Å²) < 4.78 is 62.3. The van der Waals surface area contributed by atoms with E-state index in [1.165, 1.54) is 12.1 Å². The van der Waals surface area contributed by atoms with Crippen molar-refractivity contribution < 1.29 is 31.9 Å². The number of nitrogen functional groups attached to an aromatic ring is 1. The summed E-state index contributed by atoms with van der Waals surface area (Å²) in [5.74, 6) is -1.53. The Hall–Kier alpha value is -2.73. The van der Waals surface area contributed by atoms with Crippen molar-refractivity contribution >= 4 is 11.7 Å². The van der Waals surface area contributed by atoms with E-state index in [1.807, 2.05) is 5.32 Å². The molecule has 0 aliphatic heterocycles. The van der Waals surface area contributed by atoms with E-state index < -0.39 is 36.7 Å². The zero-order chi connectivity index (χ0) is 21.5. The van der Waals surface area contributed by atoms with E-state index in [2.05, 4.69) is 10.8 Å². The Labute approximate surface area is 157 Å². The minimum Gasteiger partial charge on any atom is -0.383 e. The topological polar surface area (TPSA) is 119 Å². The molecule has 0 aliphatic carbocycles. The number of nitrogens with two attached hydrogens (primary N) is 2. The highest BCUT2D eigenvalue weighted by molar-refractivity contribution is 5.98. The van der Waals surface area contributed by atoms with Crippen molar-refractivity contribution in [3.63, 3.8) is 0 Å². The van der Waals surface area contributed by atoms with Crippen molar-refractivity contribution in [2.45, 2.75) is 18.7 Å². The standard InChI is InChI=1S/C14H14F4N4O2.C2H6FN/c1-13(24,14(16,17)18)7-20-12(23)10-6-21-22(11(10)19)9-4-2-8(15)3-5-9;3-1-2-4/h2-6,24H,7,19H2,1H3,(H,20,23);1-2,4H2. The second-order valence-corrected chi connectivity index (χ2v) is 5.76. The monoisotopic (exact) mass is 409 g/mol. The van der Waals surface area contributed by atoms with Crippen LogP contribution >= 0.6 is 0 Å². The highest BCUT2D eigenvalue weighted by atomic mass is 19.4. The van der Waals surface area contributed by atoms with Gasteiger partial charge in [0, 0.05) is 6.54 Å². The normalized spacial score (nSPS) is 13.3. The molecule has 0 saturated carbocycles. The van der Waals surface area contributed by atoms with Gasteiger partial charge in [0.1, 0.15) is 23.9 Å². The average Bonchev–Trinajstić information content (AvgIpc) is 3.01. The fraction of sp³-hybridized carbons (Fsp3) is 0.375. The molecule has 1 atom stereocenters. The number of aliphatic hydroxyl groups is 1. The van der Waals surface area contributed by atoms with Crippen molar-refractivity contribution in [3.05, 3.63) is 41.8 Å². The molecule has 12 heteroatoms. The van der Waals surface area contributed by atoms with Gasteiger partial charge >= 0.3 is 6.18 Å². The highest BCUT2D eigenvalue weighted by Crippen LogP contribution is 2.29. The summed E-state index contributed by atoms with van der Waals surface area (Å²) in [5.41, 5.74) is 7.54. The Morgan fingerprint density at radius 2 is 1.82 bits per heavy atom. The molecule has 1 aromatic carbocycles. The molecule has 1 unspecified atom stereocenters. The molecule has 1 amide bonds. The van der Waals surface area contributed by atoms with E-state index in [9.17, 15) is 31.9 Å². The Morgan fingerprint density at radius 3 is 2.29 bits per heavy atom. The van der Waals surface area contributed by atoms with Crippen LogP contribution in [0.3, 0.4) is 0 Å². The van der Waals surface area contributed by atoms with Gasteiger partial charge in [-0.1, -0.05) is 0 Å². The molecule has 2 aromatic rings. The molecule has 0 bridgehead atoms. The first-order chi connectivity index (χ1) is 12.9. The first-order valence-electron chi connectivity index (χ1n) is 7.87. The molecule has 28 heavy (non-hydrogen) atoms. The second kappa shape index (κ2) is 9.46. The molecule has 0 radical (unpaired) electrons.